The smallest absolute Gasteiger partial charge is 0.306 e. The van der Waals surface area contributed by atoms with Gasteiger partial charge in [-0.1, -0.05) is 25.5 Å². The summed E-state index contributed by atoms with van der Waals surface area (Å²) in [7, 11) is 0. The minimum Gasteiger partial charge on any atom is -0.481 e. The number of aliphatic hydroxyl groups is 1. The van der Waals surface area contributed by atoms with Crippen molar-refractivity contribution in [2.75, 3.05) is 6.61 Å². The lowest BCUT2D eigenvalue weighted by Gasteiger charge is -2.28. The summed E-state index contributed by atoms with van der Waals surface area (Å²) in [5.41, 5.74) is 5.28. The van der Waals surface area contributed by atoms with Crippen molar-refractivity contribution in [3.63, 3.8) is 0 Å². The molecular formula is C32H49N7O13. The third-order valence-electron chi connectivity index (χ3n) is 7.96. The molecule has 0 aliphatic heterocycles. The number of primary amides is 1. The van der Waals surface area contributed by atoms with Crippen molar-refractivity contribution >= 4 is 59.1 Å². The number of esters is 1. The van der Waals surface area contributed by atoms with E-state index >= 15 is 0 Å². The quantitative estimate of drug-likeness (QED) is 0.0297. The standard InChI is InChI=1S/C32H49N7O13/c1-6-13-52-23(44)12-11-20(27(33)46)37-29(48)21(14-22(42)43)38-32(51)26(45)15(2)34-28(47)16(3)35-30(49)24(17(4)40)39-31(50)25(36-18(5)41)19-9-7-8-10-19/h6,15-17,19-21,24-25,40H,1,7-14H2,2-5H3,(H2,33,46)(H,34,47)(H,35,49)(H,36,41)(H,37,48)(H,38,51)(H,39,50)(H,42,43)/t15-,16-,17+,20-,21-,24-,25-/m0/s1. The van der Waals surface area contributed by atoms with E-state index in [1.54, 1.807) is 0 Å². The molecule has 7 atom stereocenters. The first kappa shape index (κ1) is 44.6. The first-order chi connectivity index (χ1) is 24.3. The second-order valence-electron chi connectivity index (χ2n) is 12.4. The molecule has 0 spiro atoms. The Morgan fingerprint density at radius 3 is 1.92 bits per heavy atom. The number of Topliss-reactive ketones (excluding diaryl/α,β-unsaturated/α-hetero) is 1. The Morgan fingerprint density at radius 1 is 0.808 bits per heavy atom. The molecule has 0 aromatic rings. The molecule has 0 saturated heterocycles. The molecule has 0 aromatic carbocycles. The van der Waals surface area contributed by atoms with Crippen molar-refractivity contribution in [1.82, 2.24) is 31.9 Å². The van der Waals surface area contributed by atoms with Crippen LogP contribution in [0, 0.1) is 5.92 Å². The topological polar surface area (TPSA) is 319 Å². The van der Waals surface area contributed by atoms with Gasteiger partial charge in [-0.15, -0.1) is 0 Å². The van der Waals surface area contributed by atoms with E-state index in [2.05, 4.69) is 33.2 Å². The summed E-state index contributed by atoms with van der Waals surface area (Å²) in [4.78, 5) is 124. The number of ketones is 1. The Balaban J connectivity index is 2.87. The van der Waals surface area contributed by atoms with Crippen molar-refractivity contribution in [2.45, 2.75) is 115 Å². The largest absolute Gasteiger partial charge is 0.481 e. The number of nitrogens with two attached hydrogens (primary N) is 1. The second kappa shape index (κ2) is 21.7. The number of amides is 7. The summed E-state index contributed by atoms with van der Waals surface area (Å²) < 4.78 is 4.78. The highest BCUT2D eigenvalue weighted by Crippen LogP contribution is 2.28. The van der Waals surface area contributed by atoms with Gasteiger partial charge in [0.2, 0.25) is 41.2 Å². The van der Waals surface area contributed by atoms with Crippen LogP contribution in [-0.4, -0.2) is 118 Å². The molecule has 0 radical (unpaired) electrons. The van der Waals surface area contributed by atoms with Gasteiger partial charge in [0, 0.05) is 13.3 Å². The number of carbonyl (C=O) groups excluding carboxylic acids is 9. The van der Waals surface area contributed by atoms with Gasteiger partial charge in [-0.3, -0.25) is 47.9 Å². The van der Waals surface area contributed by atoms with Gasteiger partial charge in [0.1, 0.15) is 36.8 Å². The molecule has 7 amide bonds. The van der Waals surface area contributed by atoms with E-state index < -0.39 is 108 Å². The fraction of sp³-hybridized carbons (Fsp3) is 0.625. The van der Waals surface area contributed by atoms with Gasteiger partial charge in [0.25, 0.3) is 5.91 Å². The molecule has 0 bridgehead atoms. The third kappa shape index (κ3) is 15.2. The molecule has 1 aliphatic rings. The number of aliphatic carboxylic acids is 1. The number of nitrogens with one attached hydrogen (secondary N) is 6. The predicted molar refractivity (Wildman–Crippen MR) is 179 cm³/mol. The zero-order valence-electron chi connectivity index (χ0n) is 29.5. The summed E-state index contributed by atoms with van der Waals surface area (Å²) in [6.07, 6.45) is 1.22. The lowest BCUT2D eigenvalue weighted by molar-refractivity contribution is -0.144. The fourth-order valence-corrected chi connectivity index (χ4v) is 5.18. The maximum Gasteiger partial charge on any atom is 0.306 e. The molecule has 0 heterocycles. The Morgan fingerprint density at radius 2 is 1.40 bits per heavy atom. The SMILES string of the molecule is C=CCOC(=O)CC[C@H](NC(=O)[C@H](CC(=O)O)NC(=O)C(=O)[C@H](C)NC(=O)[C@H](C)NC(=O)[C@@H](NC(=O)[C@@H](NC(C)=O)C1CCCC1)[C@@H](C)O)C(N)=O. The highest BCUT2D eigenvalue weighted by molar-refractivity contribution is 6.38. The van der Waals surface area contributed by atoms with Crippen molar-refractivity contribution < 1.29 is 62.9 Å². The van der Waals surface area contributed by atoms with Crippen molar-refractivity contribution in [1.29, 1.82) is 0 Å². The molecule has 20 nitrogen and oxygen atoms in total. The Labute approximate surface area is 299 Å². The fourth-order valence-electron chi connectivity index (χ4n) is 5.18. The number of hydrogen-bond acceptors (Lipinski definition) is 12. The number of carboxylic acid groups (broad SMARTS) is 1. The summed E-state index contributed by atoms with van der Waals surface area (Å²) in [5, 5.41) is 33.1. The molecular weight excluding hydrogens is 690 g/mol. The average molecular weight is 740 g/mol. The number of carboxylic acids is 1. The molecule has 0 aromatic heterocycles. The molecule has 20 heteroatoms. The average Bonchev–Trinajstić information content (AvgIpc) is 3.60. The third-order valence-corrected chi connectivity index (χ3v) is 7.96. The van der Waals surface area contributed by atoms with Crippen LogP contribution in [-0.2, 0) is 52.7 Å². The summed E-state index contributed by atoms with van der Waals surface area (Å²) in [6.45, 7) is 8.05. The van der Waals surface area contributed by atoms with Gasteiger partial charge < -0.3 is 52.6 Å². The Kier molecular flexibility index (Phi) is 18.7. The van der Waals surface area contributed by atoms with Crippen LogP contribution in [0.3, 0.4) is 0 Å². The normalized spacial score (nSPS) is 16.6. The Bertz CT molecular complexity index is 1380. The van der Waals surface area contributed by atoms with E-state index in [0.29, 0.717) is 12.8 Å². The zero-order valence-corrected chi connectivity index (χ0v) is 29.5. The monoisotopic (exact) mass is 739 g/mol. The van der Waals surface area contributed by atoms with Gasteiger partial charge in [-0.2, -0.15) is 0 Å². The molecule has 10 N–H and O–H groups in total. The van der Waals surface area contributed by atoms with Gasteiger partial charge in [0.05, 0.1) is 18.6 Å². The zero-order chi connectivity index (χ0) is 39.7. The molecule has 1 fully saturated rings. The van der Waals surface area contributed by atoms with E-state index in [9.17, 15) is 58.2 Å². The minimum atomic E-state index is -1.89. The lowest BCUT2D eigenvalue weighted by Crippen LogP contribution is -2.60. The van der Waals surface area contributed by atoms with Gasteiger partial charge in [-0.05, 0) is 46.0 Å². The van der Waals surface area contributed by atoms with E-state index in [1.807, 2.05) is 5.32 Å². The van der Waals surface area contributed by atoms with E-state index in [0.717, 1.165) is 19.8 Å². The summed E-state index contributed by atoms with van der Waals surface area (Å²) in [6, 6.07) is -8.81. The summed E-state index contributed by atoms with van der Waals surface area (Å²) >= 11 is 0. The lowest BCUT2D eigenvalue weighted by atomic mass is 9.96. The Hall–Kier alpha value is -5.40. The van der Waals surface area contributed by atoms with Crippen molar-refractivity contribution in [3.8, 4) is 0 Å². The van der Waals surface area contributed by atoms with Crippen LogP contribution in [0.5, 0.6) is 0 Å². The van der Waals surface area contributed by atoms with Crippen LogP contribution >= 0.6 is 0 Å². The van der Waals surface area contributed by atoms with E-state index in [-0.39, 0.29) is 25.4 Å². The number of ether oxygens (including phenoxy) is 1. The molecule has 1 saturated carbocycles. The molecule has 0 unspecified atom stereocenters. The number of carbonyl (C=O) groups is 10. The van der Waals surface area contributed by atoms with Crippen molar-refractivity contribution in [2.24, 2.45) is 11.7 Å². The maximum atomic E-state index is 13.1. The van der Waals surface area contributed by atoms with Crippen LogP contribution in [0.4, 0.5) is 0 Å². The maximum absolute atomic E-state index is 13.1. The van der Waals surface area contributed by atoms with Crippen LogP contribution in [0.15, 0.2) is 12.7 Å². The highest BCUT2D eigenvalue weighted by atomic mass is 16.5. The van der Waals surface area contributed by atoms with E-state index in [1.165, 1.54) is 26.8 Å². The van der Waals surface area contributed by atoms with Crippen LogP contribution < -0.4 is 37.6 Å². The number of aliphatic hydroxyl groups excluding tert-OH is 1. The number of rotatable bonds is 22. The molecule has 1 rings (SSSR count). The van der Waals surface area contributed by atoms with Crippen molar-refractivity contribution in [3.05, 3.63) is 12.7 Å². The number of hydrogen-bond donors (Lipinski definition) is 9. The van der Waals surface area contributed by atoms with Gasteiger partial charge in [-0.25, -0.2) is 0 Å². The predicted octanol–water partition coefficient (Wildman–Crippen LogP) is -3.44. The molecule has 1 aliphatic carbocycles. The first-order valence-corrected chi connectivity index (χ1v) is 16.6. The van der Waals surface area contributed by atoms with E-state index in [4.69, 9.17) is 10.5 Å². The van der Waals surface area contributed by atoms with Crippen LogP contribution in [0.25, 0.3) is 0 Å². The first-order valence-electron chi connectivity index (χ1n) is 16.6. The van der Waals surface area contributed by atoms with Gasteiger partial charge in [0.15, 0.2) is 0 Å². The van der Waals surface area contributed by atoms with Gasteiger partial charge >= 0.3 is 11.9 Å². The molecule has 52 heavy (non-hydrogen) atoms. The van der Waals surface area contributed by atoms with Crippen LogP contribution in [0.2, 0.25) is 0 Å². The van der Waals surface area contributed by atoms with Crippen LogP contribution in [0.1, 0.15) is 72.6 Å². The molecule has 290 valence electrons. The second-order valence-corrected chi connectivity index (χ2v) is 12.4. The highest BCUT2D eigenvalue weighted by Gasteiger charge is 2.36. The minimum absolute atomic E-state index is 0.106. The summed E-state index contributed by atoms with van der Waals surface area (Å²) in [5.74, 6) is -10.7.